The predicted octanol–water partition coefficient (Wildman–Crippen LogP) is 0.600. The number of nitrogen functional groups attached to an aromatic ring is 1. The van der Waals surface area contributed by atoms with E-state index in [1.165, 1.54) is 15.9 Å². The van der Waals surface area contributed by atoms with E-state index in [1.807, 2.05) is 17.5 Å². The van der Waals surface area contributed by atoms with Crippen molar-refractivity contribution >= 4 is 23.1 Å². The van der Waals surface area contributed by atoms with Gasteiger partial charge in [0.25, 0.3) is 5.56 Å². The second-order valence-corrected chi connectivity index (χ2v) is 4.42. The summed E-state index contributed by atoms with van der Waals surface area (Å²) in [7, 11) is 0. The monoisotopic (exact) mass is 258 g/mol. The summed E-state index contributed by atoms with van der Waals surface area (Å²) >= 11 is 1.41. The summed E-state index contributed by atoms with van der Waals surface area (Å²) < 4.78 is 1.38. The van der Waals surface area contributed by atoms with Crippen molar-refractivity contribution in [3.63, 3.8) is 0 Å². The third-order valence-electron chi connectivity index (χ3n) is 2.39. The maximum atomic E-state index is 11.8. The van der Waals surface area contributed by atoms with Crippen LogP contribution in [0.15, 0.2) is 22.3 Å². The first-order valence-electron chi connectivity index (χ1n) is 4.93. The minimum absolute atomic E-state index is 0.00477. The van der Waals surface area contributed by atoms with Crippen molar-refractivity contribution in [3.8, 4) is 16.6 Å². The Kier molecular flexibility index (Phi) is 2.14. The normalized spacial score (nSPS) is 10.6. The number of hydrogen-bond donors (Lipinski definition) is 2. The van der Waals surface area contributed by atoms with E-state index in [-0.39, 0.29) is 17.3 Å². The van der Waals surface area contributed by atoms with Crippen LogP contribution in [0.2, 0.25) is 0 Å². The van der Waals surface area contributed by atoms with E-state index in [9.17, 15) is 4.79 Å². The number of nitriles is 1. The molecule has 0 saturated heterocycles. The lowest BCUT2D eigenvalue weighted by Crippen LogP contribution is -2.15. The van der Waals surface area contributed by atoms with E-state index in [1.54, 1.807) is 6.07 Å². The average Bonchev–Trinajstić information content (AvgIpc) is 2.95. The van der Waals surface area contributed by atoms with Crippen LogP contribution in [0.5, 0.6) is 0 Å². The predicted molar refractivity (Wildman–Crippen MR) is 66.0 cm³/mol. The van der Waals surface area contributed by atoms with Crippen LogP contribution in [0.3, 0.4) is 0 Å². The molecule has 3 N–H and O–H groups in total. The summed E-state index contributed by atoms with van der Waals surface area (Å²) in [6.07, 6.45) is 0. The Labute approximate surface area is 104 Å². The smallest absolute Gasteiger partial charge is 0.270 e. The Morgan fingerprint density at radius 2 is 2.39 bits per heavy atom. The van der Waals surface area contributed by atoms with Gasteiger partial charge in [0.2, 0.25) is 11.7 Å². The van der Waals surface area contributed by atoms with Gasteiger partial charge in [-0.25, -0.2) is 0 Å². The number of nitrogens with two attached hydrogens (primary N) is 1. The number of hydrogen-bond acceptors (Lipinski definition) is 6. The molecule has 0 amide bonds. The molecule has 0 atom stereocenters. The summed E-state index contributed by atoms with van der Waals surface area (Å²) in [5.41, 5.74) is 5.42. The van der Waals surface area contributed by atoms with Gasteiger partial charge in [-0.3, -0.25) is 9.78 Å². The molecule has 0 aromatic carbocycles. The highest BCUT2D eigenvalue weighted by atomic mass is 32.1. The zero-order chi connectivity index (χ0) is 12.7. The molecule has 0 unspecified atom stereocenters. The van der Waals surface area contributed by atoms with Crippen LogP contribution in [-0.4, -0.2) is 19.6 Å². The van der Waals surface area contributed by atoms with Gasteiger partial charge in [0, 0.05) is 0 Å². The molecule has 3 heterocycles. The first-order chi connectivity index (χ1) is 8.70. The number of H-pyrrole nitrogens is 1. The quantitative estimate of drug-likeness (QED) is 0.663. The van der Waals surface area contributed by atoms with E-state index in [4.69, 9.17) is 11.0 Å². The van der Waals surface area contributed by atoms with Crippen LogP contribution in [0.25, 0.3) is 16.3 Å². The molecular weight excluding hydrogens is 252 g/mol. The van der Waals surface area contributed by atoms with Crippen molar-refractivity contribution in [2.75, 3.05) is 5.73 Å². The van der Waals surface area contributed by atoms with Crippen molar-refractivity contribution < 1.29 is 0 Å². The fraction of sp³-hybridized carbons (Fsp3) is 0. The summed E-state index contributed by atoms with van der Waals surface area (Å²) in [6, 6.07) is 5.52. The largest absolute Gasteiger partial charge is 0.366 e. The number of nitrogens with zero attached hydrogens (tertiary/aromatic N) is 4. The fourth-order valence-electron chi connectivity index (χ4n) is 1.69. The highest BCUT2D eigenvalue weighted by molar-refractivity contribution is 7.13. The van der Waals surface area contributed by atoms with E-state index in [0.29, 0.717) is 5.69 Å². The zero-order valence-corrected chi connectivity index (χ0v) is 9.73. The standard InChI is InChI=1S/C10H6N6OS/c11-4-5-7(6-2-1-3-18-6)16-10(13-8(5)17)14-9(12)15-16/h1-3H,(H3,12,13,14,15,17). The molecule has 0 aliphatic heterocycles. The number of aromatic amines is 1. The molecule has 0 aliphatic carbocycles. The molecule has 0 fully saturated rings. The van der Waals surface area contributed by atoms with Gasteiger partial charge in [-0.2, -0.15) is 14.8 Å². The van der Waals surface area contributed by atoms with Crippen LogP contribution >= 0.6 is 11.3 Å². The Morgan fingerprint density at radius 3 is 3.06 bits per heavy atom. The molecule has 0 bridgehead atoms. The molecule has 3 aromatic rings. The van der Waals surface area contributed by atoms with Crippen molar-refractivity contribution in [2.45, 2.75) is 0 Å². The van der Waals surface area contributed by atoms with Gasteiger partial charge in [0.15, 0.2) is 0 Å². The molecule has 0 spiro atoms. The van der Waals surface area contributed by atoms with E-state index < -0.39 is 5.56 Å². The lowest BCUT2D eigenvalue weighted by molar-refractivity contribution is 0.940. The number of thiophene rings is 1. The van der Waals surface area contributed by atoms with E-state index in [0.717, 1.165) is 4.88 Å². The van der Waals surface area contributed by atoms with Gasteiger partial charge in [-0.05, 0) is 11.4 Å². The molecule has 88 valence electrons. The van der Waals surface area contributed by atoms with Gasteiger partial charge in [0.05, 0.1) is 4.88 Å². The van der Waals surface area contributed by atoms with Crippen molar-refractivity contribution in [1.82, 2.24) is 19.6 Å². The first-order valence-corrected chi connectivity index (χ1v) is 5.81. The average molecular weight is 258 g/mol. The molecule has 0 aliphatic rings. The fourth-order valence-corrected chi connectivity index (χ4v) is 2.45. The molecule has 3 aromatic heterocycles. The minimum Gasteiger partial charge on any atom is -0.366 e. The van der Waals surface area contributed by atoms with Crippen LogP contribution in [0.4, 0.5) is 5.95 Å². The molecule has 3 rings (SSSR count). The Balaban J connectivity index is 2.53. The lowest BCUT2D eigenvalue weighted by Gasteiger charge is -2.02. The molecule has 18 heavy (non-hydrogen) atoms. The van der Waals surface area contributed by atoms with E-state index in [2.05, 4.69) is 15.1 Å². The van der Waals surface area contributed by atoms with E-state index >= 15 is 0 Å². The summed E-state index contributed by atoms with van der Waals surface area (Å²) in [6.45, 7) is 0. The number of aromatic nitrogens is 4. The molecule has 7 nitrogen and oxygen atoms in total. The minimum atomic E-state index is -0.499. The van der Waals surface area contributed by atoms with Crippen molar-refractivity contribution in [2.24, 2.45) is 0 Å². The third-order valence-corrected chi connectivity index (χ3v) is 3.27. The molecular formula is C10H6N6OS. The van der Waals surface area contributed by atoms with Crippen LogP contribution in [0, 0.1) is 11.3 Å². The van der Waals surface area contributed by atoms with Crippen LogP contribution in [-0.2, 0) is 0 Å². The van der Waals surface area contributed by atoms with Crippen molar-refractivity contribution in [3.05, 3.63) is 33.4 Å². The second kappa shape index (κ2) is 3.68. The third kappa shape index (κ3) is 1.38. The molecule has 8 heteroatoms. The number of rotatable bonds is 1. The molecule has 0 saturated carbocycles. The second-order valence-electron chi connectivity index (χ2n) is 3.47. The zero-order valence-electron chi connectivity index (χ0n) is 8.91. The van der Waals surface area contributed by atoms with Gasteiger partial charge >= 0.3 is 0 Å². The first kappa shape index (κ1) is 10.5. The van der Waals surface area contributed by atoms with Gasteiger partial charge in [0.1, 0.15) is 17.3 Å². The van der Waals surface area contributed by atoms with Crippen molar-refractivity contribution in [1.29, 1.82) is 5.26 Å². The maximum Gasteiger partial charge on any atom is 0.270 e. The number of nitrogens with one attached hydrogen (secondary N) is 1. The Morgan fingerprint density at radius 1 is 1.56 bits per heavy atom. The van der Waals surface area contributed by atoms with Gasteiger partial charge in [-0.15, -0.1) is 16.4 Å². The van der Waals surface area contributed by atoms with Gasteiger partial charge in [-0.1, -0.05) is 6.07 Å². The Bertz CT molecular complexity index is 823. The SMILES string of the molecule is N#Cc1c(-c2cccs2)n2nc(N)nc2[nH]c1=O. The highest BCUT2D eigenvalue weighted by Gasteiger charge is 2.17. The van der Waals surface area contributed by atoms with Crippen LogP contribution in [0.1, 0.15) is 5.56 Å². The summed E-state index contributed by atoms with van der Waals surface area (Å²) in [5, 5.41) is 14.9. The summed E-state index contributed by atoms with van der Waals surface area (Å²) in [4.78, 5) is 18.9. The topological polar surface area (TPSA) is 113 Å². The lowest BCUT2D eigenvalue weighted by atomic mass is 10.2. The van der Waals surface area contributed by atoms with Crippen LogP contribution < -0.4 is 11.3 Å². The highest BCUT2D eigenvalue weighted by Crippen LogP contribution is 2.26. The number of fused-ring (bicyclic) bond motifs is 1. The van der Waals surface area contributed by atoms with Gasteiger partial charge < -0.3 is 5.73 Å². The molecule has 0 radical (unpaired) electrons. The number of anilines is 1. The summed E-state index contributed by atoms with van der Waals surface area (Å²) in [5.74, 6) is 0.262. The maximum absolute atomic E-state index is 11.8. The Hall–Kier alpha value is -2.66.